The van der Waals surface area contributed by atoms with Crippen molar-refractivity contribution >= 4 is 12.0 Å². The van der Waals surface area contributed by atoms with E-state index in [1.54, 1.807) is 19.4 Å². The van der Waals surface area contributed by atoms with Crippen molar-refractivity contribution in [2.75, 3.05) is 20.7 Å². The van der Waals surface area contributed by atoms with E-state index in [2.05, 4.69) is 10.3 Å². The predicted octanol–water partition coefficient (Wildman–Crippen LogP) is 0.713. The third-order valence-corrected chi connectivity index (χ3v) is 2.73. The van der Waals surface area contributed by atoms with E-state index in [0.29, 0.717) is 6.54 Å². The summed E-state index contributed by atoms with van der Waals surface area (Å²) in [7, 11) is 3.08. The SMILES string of the molecule is COC(CNC(=O)N(C)Cc1ccncc1)CC(=O)O. The Kier molecular flexibility index (Phi) is 6.45. The Morgan fingerprint density at radius 1 is 1.45 bits per heavy atom. The number of carboxylic acid groups (broad SMARTS) is 1. The van der Waals surface area contributed by atoms with Gasteiger partial charge in [-0.1, -0.05) is 0 Å². The molecule has 0 aromatic carbocycles. The van der Waals surface area contributed by atoms with Crippen molar-refractivity contribution in [3.05, 3.63) is 30.1 Å². The molecule has 0 aliphatic heterocycles. The molecule has 1 rings (SSSR count). The summed E-state index contributed by atoms with van der Waals surface area (Å²) in [6, 6.07) is 3.37. The Labute approximate surface area is 117 Å². The van der Waals surface area contributed by atoms with E-state index >= 15 is 0 Å². The van der Waals surface area contributed by atoms with E-state index in [4.69, 9.17) is 9.84 Å². The number of hydrogen-bond acceptors (Lipinski definition) is 4. The Morgan fingerprint density at radius 2 is 2.10 bits per heavy atom. The molecule has 0 spiro atoms. The number of urea groups is 1. The zero-order chi connectivity index (χ0) is 15.0. The molecule has 2 N–H and O–H groups in total. The van der Waals surface area contributed by atoms with Gasteiger partial charge in [-0.25, -0.2) is 4.79 Å². The van der Waals surface area contributed by atoms with Gasteiger partial charge >= 0.3 is 12.0 Å². The number of nitrogens with zero attached hydrogens (tertiary/aromatic N) is 2. The van der Waals surface area contributed by atoms with E-state index in [0.717, 1.165) is 5.56 Å². The number of ether oxygens (including phenoxy) is 1. The molecule has 110 valence electrons. The summed E-state index contributed by atoms with van der Waals surface area (Å²) in [5.74, 6) is -0.962. The first-order chi connectivity index (χ1) is 9.52. The average molecular weight is 281 g/mol. The largest absolute Gasteiger partial charge is 0.481 e. The predicted molar refractivity (Wildman–Crippen MR) is 72.2 cm³/mol. The fourth-order valence-electron chi connectivity index (χ4n) is 1.60. The normalized spacial score (nSPS) is 11.7. The fraction of sp³-hybridized carbons (Fsp3) is 0.462. The van der Waals surface area contributed by atoms with Gasteiger partial charge in [0.25, 0.3) is 0 Å². The Morgan fingerprint density at radius 3 is 2.65 bits per heavy atom. The topological polar surface area (TPSA) is 91.8 Å². The van der Waals surface area contributed by atoms with Crippen molar-refractivity contribution < 1.29 is 19.4 Å². The van der Waals surface area contributed by atoms with Crippen LogP contribution < -0.4 is 5.32 Å². The summed E-state index contributed by atoms with van der Waals surface area (Å²) >= 11 is 0. The van der Waals surface area contributed by atoms with Gasteiger partial charge in [-0.3, -0.25) is 9.78 Å². The summed E-state index contributed by atoms with van der Waals surface area (Å²) in [6.45, 7) is 0.604. The van der Waals surface area contributed by atoms with Gasteiger partial charge in [0.15, 0.2) is 0 Å². The molecule has 0 saturated carbocycles. The number of carbonyl (C=O) groups excluding carboxylic acids is 1. The number of carboxylic acids is 1. The molecule has 0 saturated heterocycles. The Bertz CT molecular complexity index is 439. The Balaban J connectivity index is 2.39. The van der Waals surface area contributed by atoms with Crippen molar-refractivity contribution in [1.82, 2.24) is 15.2 Å². The van der Waals surface area contributed by atoms with Crippen molar-refractivity contribution in [3.63, 3.8) is 0 Å². The summed E-state index contributed by atoms with van der Waals surface area (Å²) in [5, 5.41) is 11.3. The highest BCUT2D eigenvalue weighted by Gasteiger charge is 2.15. The first-order valence-electron chi connectivity index (χ1n) is 6.15. The molecule has 1 heterocycles. The van der Waals surface area contributed by atoms with E-state index in [9.17, 15) is 9.59 Å². The number of pyridine rings is 1. The lowest BCUT2D eigenvalue weighted by Gasteiger charge is -2.20. The molecule has 7 heteroatoms. The molecule has 0 fully saturated rings. The molecule has 1 aromatic rings. The Hall–Kier alpha value is -2.15. The van der Waals surface area contributed by atoms with E-state index < -0.39 is 12.1 Å². The molecule has 1 unspecified atom stereocenters. The smallest absolute Gasteiger partial charge is 0.317 e. The van der Waals surface area contributed by atoms with Crippen LogP contribution in [0.2, 0.25) is 0 Å². The van der Waals surface area contributed by atoms with Crippen LogP contribution in [0.4, 0.5) is 4.79 Å². The van der Waals surface area contributed by atoms with Crippen LogP contribution in [0.1, 0.15) is 12.0 Å². The van der Waals surface area contributed by atoms with Crippen LogP contribution in [-0.2, 0) is 16.1 Å². The molecule has 1 atom stereocenters. The zero-order valence-corrected chi connectivity index (χ0v) is 11.6. The molecule has 20 heavy (non-hydrogen) atoms. The third kappa shape index (κ3) is 5.66. The lowest BCUT2D eigenvalue weighted by molar-refractivity contribution is -0.139. The summed E-state index contributed by atoms with van der Waals surface area (Å²) in [6.07, 6.45) is 2.64. The number of nitrogens with one attached hydrogen (secondary N) is 1. The third-order valence-electron chi connectivity index (χ3n) is 2.73. The summed E-state index contributed by atoms with van der Waals surface area (Å²) < 4.78 is 4.99. The second-order valence-electron chi connectivity index (χ2n) is 4.35. The van der Waals surface area contributed by atoms with Crippen LogP contribution >= 0.6 is 0 Å². The fourth-order valence-corrected chi connectivity index (χ4v) is 1.60. The van der Waals surface area contributed by atoms with Gasteiger partial charge in [0.05, 0.1) is 12.5 Å². The van der Waals surface area contributed by atoms with E-state index in [1.807, 2.05) is 12.1 Å². The maximum Gasteiger partial charge on any atom is 0.317 e. The van der Waals surface area contributed by atoms with Crippen molar-refractivity contribution in [2.45, 2.75) is 19.1 Å². The minimum absolute atomic E-state index is 0.148. The zero-order valence-electron chi connectivity index (χ0n) is 11.6. The van der Waals surface area contributed by atoms with Gasteiger partial charge in [0, 0.05) is 39.6 Å². The van der Waals surface area contributed by atoms with Crippen LogP contribution in [0.3, 0.4) is 0 Å². The highest BCUT2D eigenvalue weighted by molar-refractivity contribution is 5.74. The van der Waals surface area contributed by atoms with Gasteiger partial charge < -0.3 is 20.1 Å². The number of rotatable bonds is 7. The van der Waals surface area contributed by atoms with Gasteiger partial charge in [-0.05, 0) is 17.7 Å². The second-order valence-corrected chi connectivity index (χ2v) is 4.35. The van der Waals surface area contributed by atoms with Crippen LogP contribution in [0, 0.1) is 0 Å². The molecule has 1 aromatic heterocycles. The number of amides is 2. The van der Waals surface area contributed by atoms with Crippen LogP contribution in [0.5, 0.6) is 0 Å². The number of aromatic nitrogens is 1. The molecule has 0 bridgehead atoms. The standard InChI is InChI=1S/C13H19N3O4/c1-16(9-10-3-5-14-6-4-10)13(19)15-8-11(20-2)7-12(17)18/h3-6,11H,7-9H2,1-2H3,(H,15,19)(H,17,18). The molecule has 0 aliphatic carbocycles. The number of methoxy groups -OCH3 is 1. The van der Waals surface area contributed by atoms with Gasteiger partial charge in [-0.2, -0.15) is 0 Å². The van der Waals surface area contributed by atoms with Crippen LogP contribution in [0.25, 0.3) is 0 Å². The molecule has 0 aliphatic rings. The van der Waals surface area contributed by atoms with Gasteiger partial charge in [-0.15, -0.1) is 0 Å². The summed E-state index contributed by atoms with van der Waals surface area (Å²) in [4.78, 5) is 27.8. The lowest BCUT2D eigenvalue weighted by atomic mass is 10.2. The van der Waals surface area contributed by atoms with Crippen LogP contribution in [0.15, 0.2) is 24.5 Å². The first-order valence-corrected chi connectivity index (χ1v) is 6.15. The average Bonchev–Trinajstić information content (AvgIpc) is 2.43. The minimum atomic E-state index is -0.962. The number of hydrogen-bond donors (Lipinski definition) is 2. The number of aliphatic carboxylic acids is 1. The molecule has 2 amide bonds. The van der Waals surface area contributed by atoms with E-state index in [1.165, 1.54) is 12.0 Å². The highest BCUT2D eigenvalue weighted by atomic mass is 16.5. The molecular weight excluding hydrogens is 262 g/mol. The van der Waals surface area contributed by atoms with Gasteiger partial charge in [0.1, 0.15) is 0 Å². The minimum Gasteiger partial charge on any atom is -0.481 e. The van der Waals surface area contributed by atoms with Crippen molar-refractivity contribution in [2.24, 2.45) is 0 Å². The molecule has 7 nitrogen and oxygen atoms in total. The van der Waals surface area contributed by atoms with Crippen LogP contribution in [-0.4, -0.2) is 53.8 Å². The van der Waals surface area contributed by atoms with Crippen molar-refractivity contribution in [1.29, 1.82) is 0 Å². The monoisotopic (exact) mass is 281 g/mol. The van der Waals surface area contributed by atoms with Crippen molar-refractivity contribution in [3.8, 4) is 0 Å². The quantitative estimate of drug-likeness (QED) is 0.768. The lowest BCUT2D eigenvalue weighted by Crippen LogP contribution is -2.41. The highest BCUT2D eigenvalue weighted by Crippen LogP contribution is 2.02. The first kappa shape index (κ1) is 15.9. The maximum atomic E-state index is 11.8. The summed E-state index contributed by atoms with van der Waals surface area (Å²) in [5.41, 5.74) is 0.964. The second kappa shape index (κ2) is 8.11. The van der Waals surface area contributed by atoms with Gasteiger partial charge in [0.2, 0.25) is 0 Å². The molecule has 0 radical (unpaired) electrons. The maximum absolute atomic E-state index is 11.8. The van der Waals surface area contributed by atoms with E-state index in [-0.39, 0.29) is 19.0 Å². The number of carbonyl (C=O) groups is 2. The molecular formula is C13H19N3O4.